The second-order valence-corrected chi connectivity index (χ2v) is 6.23. The molecule has 0 aromatic carbocycles. The molecule has 4 nitrogen and oxygen atoms in total. The molecule has 1 aliphatic carbocycles. The van der Waals surface area contributed by atoms with E-state index in [0.717, 1.165) is 12.8 Å². The van der Waals surface area contributed by atoms with Gasteiger partial charge in [0.1, 0.15) is 5.54 Å². The molecule has 0 spiro atoms. The molecule has 0 aromatic heterocycles. The van der Waals surface area contributed by atoms with Crippen molar-refractivity contribution in [3.05, 3.63) is 0 Å². The molecule has 102 valence electrons. The molecule has 1 N–H and O–H groups in total. The van der Waals surface area contributed by atoms with Gasteiger partial charge in [0.25, 0.3) is 0 Å². The number of carbonyl (C=O) groups excluding carboxylic acids is 2. The first-order valence-electron chi connectivity index (χ1n) is 7.05. The van der Waals surface area contributed by atoms with E-state index in [1.807, 2.05) is 11.8 Å². The number of carbonyl (C=O) groups is 2. The predicted molar refractivity (Wildman–Crippen MR) is 70.0 cm³/mol. The van der Waals surface area contributed by atoms with E-state index < -0.39 is 5.54 Å². The minimum absolute atomic E-state index is 0.0147. The van der Waals surface area contributed by atoms with Crippen LogP contribution in [0.5, 0.6) is 0 Å². The van der Waals surface area contributed by atoms with Crippen molar-refractivity contribution in [2.24, 2.45) is 0 Å². The molecule has 0 aromatic rings. The fraction of sp³-hybridized carbons (Fsp3) is 0.857. The molecular formula is C14H24N2O2. The minimum Gasteiger partial charge on any atom is -0.342 e. The van der Waals surface area contributed by atoms with E-state index in [-0.39, 0.29) is 17.9 Å². The summed E-state index contributed by atoms with van der Waals surface area (Å²) in [7, 11) is 0. The Labute approximate surface area is 109 Å². The highest BCUT2D eigenvalue weighted by Gasteiger charge is 2.42. The maximum Gasteiger partial charge on any atom is 0.248 e. The highest BCUT2D eigenvalue weighted by molar-refractivity contribution is 5.93. The van der Waals surface area contributed by atoms with E-state index in [9.17, 15) is 9.59 Å². The maximum absolute atomic E-state index is 12.6. The first-order chi connectivity index (χ1) is 8.42. The van der Waals surface area contributed by atoms with Gasteiger partial charge in [-0.2, -0.15) is 0 Å². The molecule has 2 rings (SSSR count). The van der Waals surface area contributed by atoms with Gasteiger partial charge >= 0.3 is 0 Å². The summed E-state index contributed by atoms with van der Waals surface area (Å²) >= 11 is 0. The number of rotatable bonds is 1. The summed E-state index contributed by atoms with van der Waals surface area (Å²) in [6, 6.07) is 0.343. The Bertz CT molecular complexity index is 346. The van der Waals surface area contributed by atoms with Crippen molar-refractivity contribution in [1.29, 1.82) is 0 Å². The van der Waals surface area contributed by atoms with Crippen molar-refractivity contribution >= 4 is 11.8 Å². The van der Waals surface area contributed by atoms with Crippen LogP contribution in [-0.2, 0) is 9.59 Å². The average molecular weight is 252 g/mol. The topological polar surface area (TPSA) is 49.4 Å². The number of nitrogens with one attached hydrogen (secondary N) is 1. The first-order valence-corrected chi connectivity index (χ1v) is 7.05. The van der Waals surface area contributed by atoms with Crippen LogP contribution in [0.1, 0.15) is 59.3 Å². The number of nitrogens with zero attached hydrogens (tertiary/aromatic N) is 1. The summed E-state index contributed by atoms with van der Waals surface area (Å²) in [5.74, 6) is 0.0620. The molecule has 2 aliphatic rings. The smallest absolute Gasteiger partial charge is 0.248 e. The lowest BCUT2D eigenvalue weighted by Gasteiger charge is -2.40. The van der Waals surface area contributed by atoms with Crippen LogP contribution in [0.3, 0.4) is 0 Å². The summed E-state index contributed by atoms with van der Waals surface area (Å²) in [5, 5.41) is 2.84. The van der Waals surface area contributed by atoms with Gasteiger partial charge in [0.2, 0.25) is 11.8 Å². The van der Waals surface area contributed by atoms with E-state index in [1.54, 1.807) is 13.8 Å². The van der Waals surface area contributed by atoms with Crippen LogP contribution < -0.4 is 5.32 Å². The van der Waals surface area contributed by atoms with Crippen LogP contribution in [0, 0.1) is 0 Å². The second kappa shape index (κ2) is 4.90. The zero-order valence-electron chi connectivity index (χ0n) is 11.7. The van der Waals surface area contributed by atoms with Crippen molar-refractivity contribution in [2.75, 3.05) is 0 Å². The lowest BCUT2D eigenvalue weighted by Crippen LogP contribution is -2.56. The summed E-state index contributed by atoms with van der Waals surface area (Å²) < 4.78 is 0. The second-order valence-electron chi connectivity index (χ2n) is 6.23. The maximum atomic E-state index is 12.6. The van der Waals surface area contributed by atoms with Crippen LogP contribution in [0.15, 0.2) is 0 Å². The van der Waals surface area contributed by atoms with E-state index in [0.29, 0.717) is 12.5 Å². The Hall–Kier alpha value is -1.06. The lowest BCUT2D eigenvalue weighted by atomic mass is 9.91. The molecule has 2 amide bonds. The van der Waals surface area contributed by atoms with Crippen molar-refractivity contribution in [3.8, 4) is 0 Å². The molecule has 18 heavy (non-hydrogen) atoms. The molecule has 4 heteroatoms. The van der Waals surface area contributed by atoms with Gasteiger partial charge in [0.15, 0.2) is 0 Å². The highest BCUT2D eigenvalue weighted by atomic mass is 16.2. The molecule has 1 heterocycles. The molecule has 0 bridgehead atoms. The van der Waals surface area contributed by atoms with Crippen LogP contribution in [0.4, 0.5) is 0 Å². The van der Waals surface area contributed by atoms with E-state index in [2.05, 4.69) is 5.32 Å². The van der Waals surface area contributed by atoms with Gasteiger partial charge < -0.3 is 10.2 Å². The molecule has 1 aliphatic heterocycles. The van der Waals surface area contributed by atoms with Crippen LogP contribution in [0.25, 0.3) is 0 Å². The summed E-state index contributed by atoms with van der Waals surface area (Å²) in [6.07, 6.45) is 6.26. The summed E-state index contributed by atoms with van der Waals surface area (Å²) in [4.78, 5) is 26.4. The Balaban J connectivity index is 2.24. The molecule has 1 atom stereocenters. The van der Waals surface area contributed by atoms with Gasteiger partial charge in [-0.25, -0.2) is 0 Å². The van der Waals surface area contributed by atoms with Crippen molar-refractivity contribution in [2.45, 2.75) is 76.9 Å². The fourth-order valence-corrected chi connectivity index (χ4v) is 3.23. The van der Waals surface area contributed by atoms with Crippen LogP contribution >= 0.6 is 0 Å². The fourth-order valence-electron chi connectivity index (χ4n) is 3.23. The Morgan fingerprint density at radius 1 is 1.17 bits per heavy atom. The molecule has 0 radical (unpaired) electrons. The molecule has 2 fully saturated rings. The molecule has 1 unspecified atom stereocenters. The third-order valence-electron chi connectivity index (χ3n) is 4.14. The molecule has 1 saturated heterocycles. The zero-order valence-corrected chi connectivity index (χ0v) is 11.7. The summed E-state index contributed by atoms with van der Waals surface area (Å²) in [6.45, 7) is 5.61. The minimum atomic E-state index is -0.765. The SMILES string of the molecule is CC1CC(=O)NC(C)(C)C(=O)N1C1CCCCC1. The first kappa shape index (κ1) is 13.4. The monoisotopic (exact) mass is 252 g/mol. The average Bonchev–Trinajstić information content (AvgIpc) is 2.35. The van der Waals surface area contributed by atoms with Gasteiger partial charge in [0.05, 0.1) is 0 Å². The third-order valence-corrected chi connectivity index (χ3v) is 4.14. The largest absolute Gasteiger partial charge is 0.342 e. The van der Waals surface area contributed by atoms with E-state index >= 15 is 0 Å². The van der Waals surface area contributed by atoms with Crippen LogP contribution in [-0.4, -0.2) is 34.3 Å². The third kappa shape index (κ3) is 2.52. The number of hydrogen-bond acceptors (Lipinski definition) is 2. The quantitative estimate of drug-likeness (QED) is 0.774. The molecule has 1 saturated carbocycles. The van der Waals surface area contributed by atoms with Gasteiger partial charge in [-0.05, 0) is 33.6 Å². The molecular weight excluding hydrogens is 228 g/mol. The van der Waals surface area contributed by atoms with Crippen molar-refractivity contribution < 1.29 is 9.59 Å². The summed E-state index contributed by atoms with van der Waals surface area (Å²) in [5.41, 5.74) is -0.765. The number of hydrogen-bond donors (Lipinski definition) is 1. The Kier molecular flexibility index (Phi) is 3.64. The highest BCUT2D eigenvalue weighted by Crippen LogP contribution is 2.28. The Morgan fingerprint density at radius 3 is 2.39 bits per heavy atom. The standard InChI is InChI=1S/C14H24N2O2/c1-10-9-12(17)15-14(2,3)13(18)16(10)11-7-5-4-6-8-11/h10-11H,4-9H2,1-3H3,(H,15,17). The normalized spacial score (nSPS) is 29.9. The van der Waals surface area contributed by atoms with Crippen LogP contribution in [0.2, 0.25) is 0 Å². The van der Waals surface area contributed by atoms with Gasteiger partial charge in [-0.1, -0.05) is 19.3 Å². The predicted octanol–water partition coefficient (Wildman–Crippen LogP) is 1.83. The number of amides is 2. The zero-order chi connectivity index (χ0) is 13.3. The van der Waals surface area contributed by atoms with E-state index in [1.165, 1.54) is 19.3 Å². The van der Waals surface area contributed by atoms with E-state index in [4.69, 9.17) is 0 Å². The van der Waals surface area contributed by atoms with Crippen molar-refractivity contribution in [3.63, 3.8) is 0 Å². The van der Waals surface area contributed by atoms with Gasteiger partial charge in [0, 0.05) is 18.5 Å². The van der Waals surface area contributed by atoms with Gasteiger partial charge in [-0.3, -0.25) is 9.59 Å². The lowest BCUT2D eigenvalue weighted by molar-refractivity contribution is -0.141. The Morgan fingerprint density at radius 2 is 1.78 bits per heavy atom. The van der Waals surface area contributed by atoms with Crippen molar-refractivity contribution in [1.82, 2.24) is 10.2 Å². The van der Waals surface area contributed by atoms with Gasteiger partial charge in [-0.15, -0.1) is 0 Å².